The van der Waals surface area contributed by atoms with Crippen LogP contribution in [-0.4, -0.2) is 33.6 Å². The van der Waals surface area contributed by atoms with Crippen LogP contribution in [0.15, 0.2) is 70.1 Å². The van der Waals surface area contributed by atoms with E-state index in [4.69, 9.17) is 4.74 Å². The van der Waals surface area contributed by atoms with Gasteiger partial charge in [0.25, 0.3) is 5.91 Å². The quantitative estimate of drug-likeness (QED) is 0.367. The number of amides is 1. The zero-order valence-electron chi connectivity index (χ0n) is 17.8. The van der Waals surface area contributed by atoms with Crippen LogP contribution in [0.2, 0.25) is 0 Å². The van der Waals surface area contributed by atoms with Crippen LogP contribution in [0, 0.1) is 11.6 Å². The highest BCUT2D eigenvalue weighted by atomic mass is 32.1. The molecule has 0 aliphatic carbocycles. The monoisotopic (exact) mass is 494 g/mol. The van der Waals surface area contributed by atoms with Crippen LogP contribution >= 0.6 is 11.3 Å². The van der Waals surface area contributed by atoms with E-state index in [0.29, 0.717) is 28.3 Å². The highest BCUT2D eigenvalue weighted by Gasteiger charge is 2.18. The van der Waals surface area contributed by atoms with Gasteiger partial charge in [-0.15, -0.1) is 11.3 Å². The molecule has 1 aromatic heterocycles. The summed E-state index contributed by atoms with van der Waals surface area (Å²) >= 11 is 1.16. The van der Waals surface area contributed by atoms with Crippen molar-refractivity contribution >= 4 is 34.8 Å². The molecule has 4 aromatic rings. The summed E-state index contributed by atoms with van der Waals surface area (Å²) in [5, 5.41) is 28.5. The minimum atomic E-state index is -0.833. The van der Waals surface area contributed by atoms with Gasteiger partial charge in [0, 0.05) is 28.6 Å². The Labute approximate surface area is 200 Å². The first-order valence-electron chi connectivity index (χ1n) is 10.2. The number of ether oxygens (including phenoxy) is 1. The van der Waals surface area contributed by atoms with Gasteiger partial charge in [-0.05, 0) is 42.5 Å². The van der Waals surface area contributed by atoms with E-state index < -0.39 is 11.6 Å². The van der Waals surface area contributed by atoms with Crippen molar-refractivity contribution in [1.82, 2.24) is 4.68 Å². The second-order valence-corrected chi connectivity index (χ2v) is 8.29. The van der Waals surface area contributed by atoms with E-state index in [-0.39, 0.29) is 34.5 Å². The number of nitrogens with one attached hydrogen (secondary N) is 1. The van der Waals surface area contributed by atoms with Crippen molar-refractivity contribution < 1.29 is 28.5 Å². The summed E-state index contributed by atoms with van der Waals surface area (Å²) < 4.78 is 34.4. The molecule has 5 rings (SSSR count). The molecule has 2 heterocycles. The third kappa shape index (κ3) is 4.62. The van der Waals surface area contributed by atoms with Gasteiger partial charge in [-0.25, -0.2) is 18.4 Å². The SMILES string of the molecule is O=C1COc2ccc(-c3csc(=Nc4ccc(F)cc4F)n3N=Cc3ccc(O)cc3O)cc2N1. The smallest absolute Gasteiger partial charge is 0.262 e. The molecule has 0 radical (unpaired) electrons. The van der Waals surface area contributed by atoms with E-state index in [0.717, 1.165) is 23.5 Å². The Bertz CT molecular complexity index is 1560. The number of thiazole rings is 1. The lowest BCUT2D eigenvalue weighted by Gasteiger charge is -2.18. The van der Waals surface area contributed by atoms with E-state index in [9.17, 15) is 23.8 Å². The molecule has 1 aliphatic heterocycles. The second kappa shape index (κ2) is 9.03. The minimum Gasteiger partial charge on any atom is -0.508 e. The van der Waals surface area contributed by atoms with Crippen LogP contribution in [0.3, 0.4) is 0 Å². The van der Waals surface area contributed by atoms with Crippen LogP contribution in [-0.2, 0) is 4.79 Å². The van der Waals surface area contributed by atoms with E-state index in [1.807, 2.05) is 0 Å². The van der Waals surface area contributed by atoms with Crippen molar-refractivity contribution in [1.29, 1.82) is 0 Å². The molecular formula is C24H16F2N4O4S. The fourth-order valence-corrected chi connectivity index (χ4v) is 4.21. The zero-order chi connectivity index (χ0) is 24.5. The summed E-state index contributed by atoms with van der Waals surface area (Å²) in [6.45, 7) is -0.0719. The van der Waals surface area contributed by atoms with Gasteiger partial charge in [-0.1, -0.05) is 0 Å². The summed E-state index contributed by atoms with van der Waals surface area (Å²) in [4.78, 5) is 16.3. The van der Waals surface area contributed by atoms with Crippen LogP contribution in [0.4, 0.5) is 20.2 Å². The molecule has 8 nitrogen and oxygen atoms in total. The summed E-state index contributed by atoms with van der Waals surface area (Å²) in [6.07, 6.45) is 1.36. The van der Waals surface area contributed by atoms with Gasteiger partial charge >= 0.3 is 0 Å². The molecule has 3 aromatic carbocycles. The zero-order valence-corrected chi connectivity index (χ0v) is 18.6. The Kier molecular flexibility index (Phi) is 5.75. The standard InChI is InChI=1S/C24H16F2N4O4S/c25-15-3-5-18(17(26)8-15)29-24-30(27-10-14-1-4-16(31)9-21(14)32)20(12-35-24)13-2-6-22-19(7-13)28-23(33)11-34-22/h1-10,12,31-32H,11H2,(H,28,33). The second-order valence-electron chi connectivity index (χ2n) is 7.46. The van der Waals surface area contributed by atoms with Gasteiger partial charge in [0.1, 0.15) is 28.8 Å². The average Bonchev–Trinajstić information content (AvgIpc) is 3.22. The van der Waals surface area contributed by atoms with Gasteiger partial charge < -0.3 is 20.3 Å². The molecule has 1 aliphatic rings. The normalized spacial score (nSPS) is 13.5. The Morgan fingerprint density at radius 3 is 2.74 bits per heavy atom. The number of phenolic OH excluding ortho intramolecular Hbond substituents is 2. The third-order valence-corrected chi connectivity index (χ3v) is 5.86. The maximum Gasteiger partial charge on any atom is 0.262 e. The Hall–Kier alpha value is -4.51. The molecular weight excluding hydrogens is 478 g/mol. The number of rotatable bonds is 4. The number of aromatic nitrogens is 1. The predicted molar refractivity (Wildman–Crippen MR) is 126 cm³/mol. The summed E-state index contributed by atoms with van der Waals surface area (Å²) in [7, 11) is 0. The van der Waals surface area contributed by atoms with Crippen LogP contribution in [0.25, 0.3) is 11.3 Å². The summed E-state index contributed by atoms with van der Waals surface area (Å²) in [5.74, 6) is -1.62. The maximum absolute atomic E-state index is 14.3. The van der Waals surface area contributed by atoms with E-state index in [1.165, 1.54) is 35.2 Å². The topological polar surface area (TPSA) is 108 Å². The number of phenols is 2. The minimum absolute atomic E-state index is 0.0719. The first kappa shape index (κ1) is 22.3. The highest BCUT2D eigenvalue weighted by molar-refractivity contribution is 7.07. The Morgan fingerprint density at radius 1 is 1.09 bits per heavy atom. The Balaban J connectivity index is 1.65. The molecule has 176 valence electrons. The lowest BCUT2D eigenvalue weighted by Crippen LogP contribution is -2.25. The van der Waals surface area contributed by atoms with E-state index in [1.54, 1.807) is 23.6 Å². The van der Waals surface area contributed by atoms with Crippen LogP contribution < -0.4 is 14.9 Å². The molecule has 0 unspecified atom stereocenters. The van der Waals surface area contributed by atoms with Crippen LogP contribution in [0.1, 0.15) is 5.56 Å². The lowest BCUT2D eigenvalue weighted by atomic mass is 10.1. The third-order valence-electron chi connectivity index (χ3n) is 5.05. The van der Waals surface area contributed by atoms with Gasteiger partial charge in [0.15, 0.2) is 12.4 Å². The number of carbonyl (C=O) groups is 1. The number of carbonyl (C=O) groups excluding carboxylic acids is 1. The van der Waals surface area contributed by atoms with Crippen LogP contribution in [0.5, 0.6) is 17.2 Å². The van der Waals surface area contributed by atoms with Crippen molar-refractivity contribution in [2.75, 3.05) is 11.9 Å². The van der Waals surface area contributed by atoms with Crippen molar-refractivity contribution in [2.45, 2.75) is 0 Å². The maximum atomic E-state index is 14.3. The Morgan fingerprint density at radius 2 is 1.94 bits per heavy atom. The first-order valence-corrected chi connectivity index (χ1v) is 11.1. The highest BCUT2D eigenvalue weighted by Crippen LogP contribution is 2.33. The number of benzene rings is 3. The molecule has 0 bridgehead atoms. The van der Waals surface area contributed by atoms with E-state index in [2.05, 4.69) is 15.4 Å². The molecule has 11 heteroatoms. The lowest BCUT2D eigenvalue weighted by molar-refractivity contribution is -0.118. The number of hydrogen-bond donors (Lipinski definition) is 3. The number of nitrogens with zero attached hydrogens (tertiary/aromatic N) is 3. The largest absolute Gasteiger partial charge is 0.508 e. The van der Waals surface area contributed by atoms with Gasteiger partial charge in [-0.2, -0.15) is 5.10 Å². The number of fused-ring (bicyclic) bond motifs is 1. The number of aromatic hydroxyl groups is 2. The molecule has 0 saturated carbocycles. The number of hydrogen-bond acceptors (Lipinski definition) is 7. The number of halogens is 2. The van der Waals surface area contributed by atoms with Crippen molar-refractivity contribution in [3.8, 4) is 28.5 Å². The van der Waals surface area contributed by atoms with Gasteiger partial charge in [0.2, 0.25) is 4.80 Å². The molecule has 0 fully saturated rings. The summed E-state index contributed by atoms with van der Waals surface area (Å²) in [5.41, 5.74) is 1.92. The molecule has 1 amide bonds. The van der Waals surface area contributed by atoms with E-state index >= 15 is 0 Å². The first-order chi connectivity index (χ1) is 16.9. The van der Waals surface area contributed by atoms with Crippen molar-refractivity contribution in [3.05, 3.63) is 82.0 Å². The fourth-order valence-electron chi connectivity index (χ4n) is 3.37. The van der Waals surface area contributed by atoms with Gasteiger partial charge in [-0.3, -0.25) is 4.79 Å². The molecule has 0 saturated heterocycles. The molecule has 0 atom stereocenters. The molecule has 0 spiro atoms. The van der Waals surface area contributed by atoms with Crippen molar-refractivity contribution in [2.24, 2.45) is 10.1 Å². The van der Waals surface area contributed by atoms with Gasteiger partial charge in [0.05, 0.1) is 17.6 Å². The average molecular weight is 494 g/mol. The van der Waals surface area contributed by atoms with Crippen molar-refractivity contribution in [3.63, 3.8) is 0 Å². The molecule has 3 N–H and O–H groups in total. The molecule has 35 heavy (non-hydrogen) atoms. The number of anilines is 1. The summed E-state index contributed by atoms with van der Waals surface area (Å²) in [6, 6.07) is 12.3. The fraction of sp³-hybridized carbons (Fsp3) is 0.0417. The predicted octanol–water partition coefficient (Wildman–Crippen LogP) is 4.35.